The molecule has 0 radical (unpaired) electrons. The number of carbonyl (C=O) groups is 1. The highest BCUT2D eigenvalue weighted by molar-refractivity contribution is 14.1. The molecule has 1 aliphatic heterocycles. The van der Waals surface area contributed by atoms with Crippen molar-refractivity contribution >= 4 is 60.8 Å². The number of nitrogens with zero attached hydrogens (tertiary/aromatic N) is 2. The molecule has 1 aromatic heterocycles. The number of aromatic nitrogens is 1. The van der Waals surface area contributed by atoms with Crippen LogP contribution in [0.25, 0.3) is 10.9 Å². The number of anilines is 2. The number of halogens is 1. The van der Waals surface area contributed by atoms with Crippen LogP contribution in [0.4, 0.5) is 11.4 Å². The smallest absolute Gasteiger partial charge is 0.270 e. The van der Waals surface area contributed by atoms with E-state index in [9.17, 15) is 13.2 Å². The molecule has 138 valence electrons. The van der Waals surface area contributed by atoms with Gasteiger partial charge < -0.3 is 5.32 Å². The van der Waals surface area contributed by atoms with E-state index in [2.05, 4.69) is 32.9 Å². The maximum Gasteiger partial charge on any atom is 0.270 e. The Balaban J connectivity index is 1.84. The average molecular weight is 493 g/mol. The van der Waals surface area contributed by atoms with E-state index in [1.807, 2.05) is 18.2 Å². The largest absolute Gasteiger partial charge is 0.384 e. The van der Waals surface area contributed by atoms with E-state index in [1.165, 1.54) is 19.2 Å². The summed E-state index contributed by atoms with van der Waals surface area (Å²) in [5.41, 5.74) is 2.87. The van der Waals surface area contributed by atoms with Gasteiger partial charge >= 0.3 is 0 Å². The number of fused-ring (bicyclic) bond motifs is 2. The molecule has 2 heterocycles. The fourth-order valence-corrected chi connectivity index (χ4v) is 5.38. The van der Waals surface area contributed by atoms with Crippen molar-refractivity contribution in [1.29, 1.82) is 0 Å². The van der Waals surface area contributed by atoms with Gasteiger partial charge in [-0.1, -0.05) is 12.1 Å². The lowest BCUT2D eigenvalue weighted by molar-refractivity contribution is -0.115. The lowest BCUT2D eigenvalue weighted by atomic mass is 10.2. The second-order valence-electron chi connectivity index (χ2n) is 6.29. The van der Waals surface area contributed by atoms with E-state index < -0.39 is 15.9 Å². The van der Waals surface area contributed by atoms with E-state index in [0.717, 1.165) is 43.0 Å². The molecule has 6 nitrogen and oxygen atoms in total. The first-order chi connectivity index (χ1) is 12.9. The van der Waals surface area contributed by atoms with Crippen molar-refractivity contribution in [3.63, 3.8) is 0 Å². The summed E-state index contributed by atoms with van der Waals surface area (Å²) in [5.74, 6) is -0.583. The molecule has 1 amide bonds. The maximum absolute atomic E-state index is 13.2. The number of benzene rings is 2. The molecule has 3 aromatic rings. The monoisotopic (exact) mass is 493 g/mol. The Hall–Kier alpha value is -2.20. The van der Waals surface area contributed by atoms with Crippen molar-refractivity contribution in [2.75, 3.05) is 16.2 Å². The Morgan fingerprint density at radius 2 is 2.04 bits per heavy atom. The Morgan fingerprint density at radius 3 is 2.81 bits per heavy atom. The molecule has 0 saturated heterocycles. The first kappa shape index (κ1) is 18.2. The van der Waals surface area contributed by atoms with Crippen molar-refractivity contribution in [2.24, 2.45) is 0 Å². The van der Waals surface area contributed by atoms with E-state index in [1.54, 1.807) is 18.2 Å². The van der Waals surface area contributed by atoms with Gasteiger partial charge in [-0.2, -0.15) is 0 Å². The second-order valence-corrected chi connectivity index (χ2v) is 9.24. The van der Waals surface area contributed by atoms with Crippen LogP contribution < -0.4 is 9.62 Å². The highest BCUT2D eigenvalue weighted by Gasteiger charge is 2.30. The molecule has 1 aliphatic rings. The van der Waals surface area contributed by atoms with E-state index >= 15 is 0 Å². The number of para-hydroxylation sites is 1. The molecule has 0 fully saturated rings. The van der Waals surface area contributed by atoms with Crippen LogP contribution in [0, 0.1) is 3.57 Å². The number of rotatable bonds is 3. The minimum atomic E-state index is -4.04. The molecule has 0 bridgehead atoms. The average Bonchev–Trinajstić information content (AvgIpc) is 3.09. The van der Waals surface area contributed by atoms with Gasteiger partial charge in [0.2, 0.25) is 5.91 Å². The lowest BCUT2D eigenvalue weighted by Crippen LogP contribution is -2.35. The maximum atomic E-state index is 13.2. The van der Waals surface area contributed by atoms with Gasteiger partial charge in [0.1, 0.15) is 0 Å². The Labute approximate surface area is 170 Å². The molecule has 0 spiro atoms. The number of hydrogen-bond donors (Lipinski definition) is 1. The fourth-order valence-electron chi connectivity index (χ4n) is 3.26. The fraction of sp³-hybridized carbons (Fsp3) is 0.158. The molecule has 0 aliphatic carbocycles. The zero-order chi connectivity index (χ0) is 19.2. The minimum Gasteiger partial charge on any atom is -0.384 e. The van der Waals surface area contributed by atoms with Gasteiger partial charge in [0, 0.05) is 28.1 Å². The van der Waals surface area contributed by atoms with Crippen LogP contribution in [0.1, 0.15) is 12.5 Å². The van der Waals surface area contributed by atoms with E-state index in [4.69, 9.17) is 0 Å². The van der Waals surface area contributed by atoms with Crippen molar-refractivity contribution < 1.29 is 13.2 Å². The number of hydrogen-bond acceptors (Lipinski definition) is 5. The van der Waals surface area contributed by atoms with Crippen LogP contribution in [0.5, 0.6) is 0 Å². The third-order valence-electron chi connectivity index (χ3n) is 4.49. The number of carbonyl (C=O) groups excluding carboxylic acids is 1. The highest BCUT2D eigenvalue weighted by Crippen LogP contribution is 2.30. The summed E-state index contributed by atoms with van der Waals surface area (Å²) in [6.45, 7) is 2.02. The molecule has 0 saturated carbocycles. The highest BCUT2D eigenvalue weighted by atomic mass is 127. The van der Waals surface area contributed by atoms with Gasteiger partial charge in [-0.25, -0.2) is 12.7 Å². The summed E-state index contributed by atoms with van der Waals surface area (Å²) in [6, 6.07) is 12.2. The zero-order valence-electron chi connectivity index (χ0n) is 14.4. The van der Waals surface area contributed by atoms with Crippen molar-refractivity contribution in [3.8, 4) is 0 Å². The van der Waals surface area contributed by atoms with Gasteiger partial charge in [0.15, 0.2) is 0 Å². The van der Waals surface area contributed by atoms with Crippen LogP contribution in [-0.2, 0) is 21.2 Å². The van der Waals surface area contributed by atoms with Gasteiger partial charge in [-0.05, 0) is 64.9 Å². The van der Waals surface area contributed by atoms with Crippen LogP contribution in [-0.4, -0.2) is 25.9 Å². The van der Waals surface area contributed by atoms with Gasteiger partial charge in [0.25, 0.3) is 10.0 Å². The third-order valence-corrected chi connectivity index (χ3v) is 7.16. The molecule has 0 atom stereocenters. The van der Waals surface area contributed by atoms with Crippen molar-refractivity contribution in [2.45, 2.75) is 18.2 Å². The Morgan fingerprint density at radius 1 is 1.22 bits per heavy atom. The normalized spacial score (nSPS) is 13.3. The Kier molecular flexibility index (Phi) is 4.55. The number of nitrogens with one attached hydrogen (secondary N) is 1. The first-order valence-electron chi connectivity index (χ1n) is 8.35. The van der Waals surface area contributed by atoms with Crippen molar-refractivity contribution in [3.05, 3.63) is 57.8 Å². The quantitative estimate of drug-likeness (QED) is 0.565. The Bertz CT molecular complexity index is 1180. The van der Waals surface area contributed by atoms with Crippen LogP contribution in [0.2, 0.25) is 0 Å². The van der Waals surface area contributed by atoms with E-state index in [0.29, 0.717) is 0 Å². The lowest BCUT2D eigenvalue weighted by Gasteiger charge is -2.21. The predicted octanol–water partition coefficient (Wildman–Crippen LogP) is 3.55. The first-order valence-corrected chi connectivity index (χ1v) is 10.9. The zero-order valence-corrected chi connectivity index (χ0v) is 17.4. The number of pyridine rings is 1. The molecule has 0 unspecified atom stereocenters. The molecular formula is C19H16IN3O3S. The standard InChI is InChI=1S/C19H16IN3O3S/c1-12(24)23(15-9-14-3-2-4-17(20)19(14)22-11-15)27(25,26)16-5-6-18-13(10-16)7-8-21-18/h2-6,9-11,21H,7-8H2,1H3. The third kappa shape index (κ3) is 3.16. The summed E-state index contributed by atoms with van der Waals surface area (Å²) in [5, 5.41) is 3.98. The molecular weight excluding hydrogens is 477 g/mol. The van der Waals surface area contributed by atoms with Crippen LogP contribution in [0.3, 0.4) is 0 Å². The van der Waals surface area contributed by atoms with E-state index in [-0.39, 0.29) is 10.6 Å². The molecule has 27 heavy (non-hydrogen) atoms. The molecule has 1 N–H and O–H groups in total. The number of amides is 1. The van der Waals surface area contributed by atoms with Gasteiger partial charge in [-0.15, -0.1) is 0 Å². The molecule has 4 rings (SSSR count). The minimum absolute atomic E-state index is 0.0999. The van der Waals surface area contributed by atoms with Crippen LogP contribution >= 0.6 is 22.6 Å². The SMILES string of the molecule is CC(=O)N(c1cnc2c(I)cccc2c1)S(=O)(=O)c1ccc2c(c1)CCN2. The summed E-state index contributed by atoms with van der Waals surface area (Å²) in [6.07, 6.45) is 2.19. The second kappa shape index (κ2) is 6.75. The summed E-state index contributed by atoms with van der Waals surface area (Å²) < 4.78 is 28.2. The summed E-state index contributed by atoms with van der Waals surface area (Å²) in [7, 11) is -4.04. The topological polar surface area (TPSA) is 79.4 Å². The summed E-state index contributed by atoms with van der Waals surface area (Å²) >= 11 is 2.18. The molecule has 2 aromatic carbocycles. The predicted molar refractivity (Wildman–Crippen MR) is 113 cm³/mol. The number of sulfonamides is 1. The van der Waals surface area contributed by atoms with Crippen LogP contribution in [0.15, 0.2) is 53.6 Å². The van der Waals surface area contributed by atoms with Crippen molar-refractivity contribution in [1.82, 2.24) is 4.98 Å². The molecule has 8 heteroatoms. The van der Waals surface area contributed by atoms with Gasteiger partial charge in [-0.3, -0.25) is 9.78 Å². The van der Waals surface area contributed by atoms with Gasteiger partial charge in [0.05, 0.1) is 22.3 Å². The summed E-state index contributed by atoms with van der Waals surface area (Å²) in [4.78, 5) is 16.8.